The normalized spacial score (nSPS) is 14.1. The number of ether oxygens (including phenoxy) is 2. The number of methoxy groups -OCH3 is 2. The van der Waals surface area contributed by atoms with Crippen LogP contribution in [-0.4, -0.2) is 42.3 Å². The highest BCUT2D eigenvalue weighted by Crippen LogP contribution is 2.45. The van der Waals surface area contributed by atoms with Gasteiger partial charge in [-0.1, -0.05) is 117 Å². The van der Waals surface area contributed by atoms with Gasteiger partial charge in [0.25, 0.3) is 0 Å². The number of hydrogen-bond acceptors (Lipinski definition) is 4. The first kappa shape index (κ1) is 27.1. The lowest BCUT2D eigenvalue weighted by molar-refractivity contribution is -0.159. The van der Waals surface area contributed by atoms with E-state index in [0.717, 1.165) is 6.42 Å². The number of carbonyl (C=O) groups is 2. The molecule has 2 aromatic carbocycles. The lowest BCUT2D eigenvalue weighted by Crippen LogP contribution is -2.55. The van der Waals surface area contributed by atoms with Crippen molar-refractivity contribution >= 4 is 38.5 Å². The molecule has 2 rings (SSSR count). The van der Waals surface area contributed by atoms with Crippen molar-refractivity contribution in [1.29, 1.82) is 0 Å². The van der Waals surface area contributed by atoms with Crippen molar-refractivity contribution in [3.8, 4) is 0 Å². The summed E-state index contributed by atoms with van der Waals surface area (Å²) in [5, 5.41) is 2.63. The minimum atomic E-state index is -2.30. The lowest BCUT2D eigenvalue weighted by atomic mass is 9.96. The molecule has 0 fully saturated rings. The van der Waals surface area contributed by atoms with E-state index in [4.69, 9.17) is 9.47 Å². The molecular weight excluding hydrogens is 444 g/mol. The largest absolute Gasteiger partial charge is 0.468 e. The second-order valence-electron chi connectivity index (χ2n) is 10.4. The van der Waals surface area contributed by atoms with Gasteiger partial charge in [-0.2, -0.15) is 0 Å². The summed E-state index contributed by atoms with van der Waals surface area (Å²) < 4.78 is 10.3. The standard InChI is InChI=1S/C27H40O4Si2/c1-20(2)23(32(5,6)21-15-11-9-12-16-21)19-24(25(26(28)30-3)27(29)31-4)33(7,8)22-17-13-10-14-18-22/h9-18,20,23-25H,19H2,1-8H3/t23-,24-/m0/s1. The average molecular weight is 485 g/mol. The second-order valence-corrected chi connectivity index (χ2v) is 19.9. The first-order chi connectivity index (χ1) is 15.5. The van der Waals surface area contributed by atoms with Crippen LogP contribution in [0.3, 0.4) is 0 Å². The first-order valence-corrected chi connectivity index (χ1v) is 17.9. The molecule has 33 heavy (non-hydrogen) atoms. The van der Waals surface area contributed by atoms with E-state index in [2.05, 4.69) is 82.5 Å². The van der Waals surface area contributed by atoms with Crippen LogP contribution in [0.4, 0.5) is 0 Å². The van der Waals surface area contributed by atoms with Crippen LogP contribution in [0.5, 0.6) is 0 Å². The van der Waals surface area contributed by atoms with E-state index in [-0.39, 0.29) is 5.54 Å². The Morgan fingerprint density at radius 1 is 0.697 bits per heavy atom. The number of rotatable bonds is 10. The van der Waals surface area contributed by atoms with Crippen molar-refractivity contribution in [3.05, 3.63) is 60.7 Å². The quantitative estimate of drug-likeness (QED) is 0.271. The topological polar surface area (TPSA) is 52.6 Å². The van der Waals surface area contributed by atoms with Gasteiger partial charge in [-0.3, -0.25) is 9.59 Å². The third-order valence-corrected chi connectivity index (χ3v) is 16.3. The van der Waals surface area contributed by atoms with Crippen LogP contribution in [0, 0.1) is 11.8 Å². The summed E-state index contributed by atoms with van der Waals surface area (Å²) in [6, 6.07) is 21.1. The molecule has 0 saturated heterocycles. The van der Waals surface area contributed by atoms with Gasteiger partial charge in [0.15, 0.2) is 5.92 Å². The summed E-state index contributed by atoms with van der Waals surface area (Å²) in [6.45, 7) is 13.9. The molecular formula is C27H40O4Si2. The summed E-state index contributed by atoms with van der Waals surface area (Å²) >= 11 is 0. The summed E-state index contributed by atoms with van der Waals surface area (Å²) in [7, 11) is -1.52. The maximum atomic E-state index is 13.0. The van der Waals surface area contributed by atoms with Gasteiger partial charge in [-0.15, -0.1) is 0 Å². The molecule has 0 radical (unpaired) electrons. The Kier molecular flexibility index (Phi) is 9.26. The minimum Gasteiger partial charge on any atom is -0.468 e. The van der Waals surface area contributed by atoms with Crippen LogP contribution in [0.15, 0.2) is 60.7 Å². The minimum absolute atomic E-state index is 0.150. The third kappa shape index (κ3) is 6.04. The van der Waals surface area contributed by atoms with Gasteiger partial charge in [0.2, 0.25) is 0 Å². The zero-order valence-corrected chi connectivity index (χ0v) is 23.4. The van der Waals surface area contributed by atoms with Crippen LogP contribution in [-0.2, 0) is 19.1 Å². The average Bonchev–Trinajstić information content (AvgIpc) is 2.81. The molecule has 4 nitrogen and oxygen atoms in total. The Balaban J connectivity index is 2.65. The maximum absolute atomic E-state index is 13.0. The van der Waals surface area contributed by atoms with Gasteiger partial charge in [0, 0.05) is 0 Å². The maximum Gasteiger partial charge on any atom is 0.320 e. The van der Waals surface area contributed by atoms with Crippen molar-refractivity contribution in [2.24, 2.45) is 11.8 Å². The summed E-state index contributed by atoms with van der Waals surface area (Å²) in [6.07, 6.45) is 0.786. The highest BCUT2D eigenvalue weighted by atomic mass is 28.3. The van der Waals surface area contributed by atoms with Crippen LogP contribution in [0.25, 0.3) is 0 Å². The number of esters is 2. The van der Waals surface area contributed by atoms with Gasteiger partial charge in [0.05, 0.1) is 30.4 Å². The van der Waals surface area contributed by atoms with Gasteiger partial charge >= 0.3 is 11.9 Å². The van der Waals surface area contributed by atoms with E-state index in [1.54, 1.807) is 0 Å². The third-order valence-electron chi connectivity index (χ3n) is 7.51. The Labute approximate surface area is 201 Å². The molecule has 6 heteroatoms. The van der Waals surface area contributed by atoms with Gasteiger partial charge in [0.1, 0.15) is 0 Å². The van der Waals surface area contributed by atoms with Gasteiger partial charge in [-0.05, 0) is 17.0 Å². The van der Waals surface area contributed by atoms with E-state index in [1.165, 1.54) is 24.6 Å². The van der Waals surface area contributed by atoms with Crippen LogP contribution in [0.1, 0.15) is 20.3 Å². The second kappa shape index (κ2) is 11.3. The molecule has 0 amide bonds. The SMILES string of the molecule is COC(=O)C(C(=O)OC)[C@H](C[C@@H](C(C)C)[Si](C)(C)c1ccccc1)[Si](C)(C)c1ccccc1. The predicted molar refractivity (Wildman–Crippen MR) is 142 cm³/mol. The predicted octanol–water partition coefficient (Wildman–Crippen LogP) is 4.97. The monoisotopic (exact) mass is 484 g/mol. The highest BCUT2D eigenvalue weighted by Gasteiger charge is 2.50. The lowest BCUT2D eigenvalue weighted by Gasteiger charge is -2.43. The molecule has 180 valence electrons. The molecule has 0 heterocycles. The Bertz CT molecular complexity index is 894. The molecule has 0 saturated carbocycles. The fraction of sp³-hybridized carbons (Fsp3) is 0.481. The van der Waals surface area contributed by atoms with E-state index in [1.807, 2.05) is 18.2 Å². The molecule has 0 aliphatic rings. The van der Waals surface area contributed by atoms with E-state index >= 15 is 0 Å². The van der Waals surface area contributed by atoms with Crippen molar-refractivity contribution in [2.45, 2.75) is 57.5 Å². The fourth-order valence-corrected chi connectivity index (χ4v) is 13.0. The van der Waals surface area contributed by atoms with E-state index in [0.29, 0.717) is 11.5 Å². The summed E-state index contributed by atoms with van der Waals surface area (Å²) in [5.74, 6) is -1.51. The molecule has 0 aromatic heterocycles. The van der Waals surface area contributed by atoms with Crippen LogP contribution >= 0.6 is 0 Å². The molecule has 0 aliphatic carbocycles. The first-order valence-electron chi connectivity index (χ1n) is 11.7. The van der Waals surface area contributed by atoms with Crippen molar-refractivity contribution in [3.63, 3.8) is 0 Å². The number of carbonyl (C=O) groups excluding carboxylic acids is 2. The number of hydrogen-bond donors (Lipinski definition) is 0. The number of benzene rings is 2. The van der Waals surface area contributed by atoms with Gasteiger partial charge in [-0.25, -0.2) is 0 Å². The Hall–Kier alpha value is -2.19. The Morgan fingerprint density at radius 2 is 1.06 bits per heavy atom. The van der Waals surface area contributed by atoms with Gasteiger partial charge < -0.3 is 9.47 Å². The van der Waals surface area contributed by atoms with Crippen LogP contribution < -0.4 is 10.4 Å². The molecule has 2 aromatic rings. The fourth-order valence-electron chi connectivity index (χ4n) is 5.36. The molecule has 0 unspecified atom stereocenters. The smallest absolute Gasteiger partial charge is 0.320 e. The molecule has 0 bridgehead atoms. The van der Waals surface area contributed by atoms with E-state index < -0.39 is 34.0 Å². The highest BCUT2D eigenvalue weighted by molar-refractivity contribution is 6.92. The summed E-state index contributed by atoms with van der Waals surface area (Å²) in [4.78, 5) is 26.0. The zero-order valence-electron chi connectivity index (χ0n) is 21.4. The van der Waals surface area contributed by atoms with Crippen molar-refractivity contribution < 1.29 is 19.1 Å². The zero-order chi connectivity index (χ0) is 24.8. The molecule has 0 spiro atoms. The summed E-state index contributed by atoms with van der Waals surface area (Å²) in [5.41, 5.74) is 0.222. The molecule has 0 aliphatic heterocycles. The molecule has 2 atom stereocenters. The molecule has 0 N–H and O–H groups in total. The van der Waals surface area contributed by atoms with Crippen LogP contribution in [0.2, 0.25) is 37.3 Å². The van der Waals surface area contributed by atoms with Crippen molar-refractivity contribution in [1.82, 2.24) is 0 Å². The van der Waals surface area contributed by atoms with Crippen molar-refractivity contribution in [2.75, 3.05) is 14.2 Å². The Morgan fingerprint density at radius 3 is 1.39 bits per heavy atom. The van der Waals surface area contributed by atoms with E-state index in [9.17, 15) is 9.59 Å².